The lowest BCUT2D eigenvalue weighted by molar-refractivity contribution is 0.456. The van der Waals surface area contributed by atoms with Gasteiger partial charge in [-0.25, -0.2) is 4.98 Å². The van der Waals surface area contributed by atoms with Crippen LogP contribution in [0.1, 0.15) is 11.1 Å². The van der Waals surface area contributed by atoms with Crippen molar-refractivity contribution in [3.8, 4) is 17.7 Å². The van der Waals surface area contributed by atoms with Crippen LogP contribution in [0.15, 0.2) is 71.3 Å². The van der Waals surface area contributed by atoms with Gasteiger partial charge in [0.1, 0.15) is 5.75 Å². The number of anilines is 2. The van der Waals surface area contributed by atoms with Crippen LogP contribution in [0, 0.1) is 18.3 Å². The van der Waals surface area contributed by atoms with Crippen molar-refractivity contribution >= 4 is 38.3 Å². The first-order chi connectivity index (χ1) is 13.6. The Hall–Kier alpha value is -3.43. The minimum absolute atomic E-state index is 0.419. The zero-order valence-corrected chi connectivity index (χ0v) is 16.6. The fourth-order valence-electron chi connectivity index (χ4n) is 2.74. The van der Waals surface area contributed by atoms with Crippen molar-refractivity contribution in [2.45, 2.75) is 6.92 Å². The molecule has 1 N–H and O–H groups in total. The maximum Gasteiger partial charge on any atom is 0.230 e. The first kappa shape index (κ1) is 18.0. The summed E-state index contributed by atoms with van der Waals surface area (Å²) < 4.78 is 6.96. The number of hydrogen-bond donors (Lipinski definition) is 1. The number of halogens is 1. The Bertz CT molecular complexity index is 1200. The summed E-state index contributed by atoms with van der Waals surface area (Å²) in [6.45, 7) is 1.90. The molecule has 5 nitrogen and oxygen atoms in total. The molecule has 0 radical (unpaired) electrons. The van der Waals surface area contributed by atoms with E-state index in [1.54, 1.807) is 18.3 Å². The van der Waals surface area contributed by atoms with Crippen LogP contribution in [0.5, 0.6) is 11.6 Å². The molecule has 0 bridgehead atoms. The van der Waals surface area contributed by atoms with Gasteiger partial charge in [0.15, 0.2) is 0 Å². The lowest BCUT2D eigenvalue weighted by atomic mass is 10.1. The van der Waals surface area contributed by atoms with E-state index in [1.165, 1.54) is 0 Å². The topological polar surface area (TPSA) is 70.8 Å². The van der Waals surface area contributed by atoms with Crippen LogP contribution in [0.3, 0.4) is 0 Å². The molecular formula is C22H15BrN4O. The maximum absolute atomic E-state index is 8.90. The normalized spacial score (nSPS) is 10.5. The Morgan fingerprint density at radius 1 is 1.04 bits per heavy atom. The van der Waals surface area contributed by atoms with Gasteiger partial charge in [0.05, 0.1) is 16.1 Å². The molecule has 3 aromatic carbocycles. The van der Waals surface area contributed by atoms with E-state index in [9.17, 15) is 0 Å². The zero-order chi connectivity index (χ0) is 19.5. The van der Waals surface area contributed by atoms with Crippen molar-refractivity contribution in [1.29, 1.82) is 5.26 Å². The number of nitriles is 1. The van der Waals surface area contributed by atoms with Crippen molar-refractivity contribution in [2.24, 2.45) is 0 Å². The number of benzene rings is 3. The smallest absolute Gasteiger partial charge is 0.230 e. The van der Waals surface area contributed by atoms with Gasteiger partial charge >= 0.3 is 0 Å². The predicted octanol–water partition coefficient (Wildman–Crippen LogP) is 6.11. The van der Waals surface area contributed by atoms with E-state index in [0.717, 1.165) is 26.5 Å². The Morgan fingerprint density at radius 3 is 2.61 bits per heavy atom. The molecule has 4 rings (SSSR count). The van der Waals surface area contributed by atoms with Gasteiger partial charge in [-0.1, -0.05) is 30.3 Å². The van der Waals surface area contributed by atoms with E-state index in [1.807, 2.05) is 49.4 Å². The summed E-state index contributed by atoms with van der Waals surface area (Å²) >= 11 is 3.64. The molecule has 1 heterocycles. The summed E-state index contributed by atoms with van der Waals surface area (Å²) in [5.74, 6) is 1.58. The number of aryl methyl sites for hydroxylation is 1. The Balaban J connectivity index is 1.62. The van der Waals surface area contributed by atoms with Gasteiger partial charge in [-0.05, 0) is 64.0 Å². The average molecular weight is 431 g/mol. The maximum atomic E-state index is 8.90. The summed E-state index contributed by atoms with van der Waals surface area (Å²) in [4.78, 5) is 8.81. The number of ether oxygens (including phenoxy) is 1. The highest BCUT2D eigenvalue weighted by atomic mass is 79.9. The summed E-state index contributed by atoms with van der Waals surface area (Å²) in [6, 6.07) is 21.2. The van der Waals surface area contributed by atoms with E-state index in [0.29, 0.717) is 23.1 Å². The Morgan fingerprint density at radius 2 is 1.82 bits per heavy atom. The molecule has 136 valence electrons. The number of nitrogens with zero attached hydrogens (tertiary/aromatic N) is 3. The third-order valence-electron chi connectivity index (χ3n) is 4.23. The van der Waals surface area contributed by atoms with Crippen LogP contribution < -0.4 is 10.1 Å². The molecule has 0 saturated heterocycles. The van der Waals surface area contributed by atoms with Crippen LogP contribution in [-0.2, 0) is 0 Å². The molecule has 0 aliphatic carbocycles. The monoisotopic (exact) mass is 430 g/mol. The lowest BCUT2D eigenvalue weighted by Crippen LogP contribution is -2.00. The molecule has 0 aliphatic heterocycles. The summed E-state index contributed by atoms with van der Waals surface area (Å²) in [5, 5.41) is 14.2. The second-order valence-corrected chi connectivity index (χ2v) is 6.99. The molecule has 0 unspecified atom stereocenters. The summed E-state index contributed by atoms with van der Waals surface area (Å²) in [6.07, 6.45) is 1.71. The van der Waals surface area contributed by atoms with Crippen molar-refractivity contribution in [3.63, 3.8) is 0 Å². The fourth-order valence-corrected chi connectivity index (χ4v) is 3.32. The van der Waals surface area contributed by atoms with Gasteiger partial charge < -0.3 is 10.1 Å². The van der Waals surface area contributed by atoms with Gasteiger partial charge in [-0.2, -0.15) is 10.2 Å². The molecule has 0 saturated carbocycles. The number of nitrogens with one attached hydrogen (secondary N) is 1. The van der Waals surface area contributed by atoms with E-state index >= 15 is 0 Å². The van der Waals surface area contributed by atoms with Crippen LogP contribution in [-0.4, -0.2) is 9.97 Å². The van der Waals surface area contributed by atoms with E-state index < -0.39 is 0 Å². The first-order valence-electron chi connectivity index (χ1n) is 8.60. The molecule has 28 heavy (non-hydrogen) atoms. The highest BCUT2D eigenvalue weighted by Gasteiger charge is 2.11. The third kappa shape index (κ3) is 3.66. The molecule has 0 amide bonds. The summed E-state index contributed by atoms with van der Waals surface area (Å²) in [7, 11) is 0. The molecule has 4 aromatic rings. The largest absolute Gasteiger partial charge is 0.437 e. The molecule has 0 spiro atoms. The predicted molar refractivity (Wildman–Crippen MR) is 113 cm³/mol. The average Bonchev–Trinajstić information content (AvgIpc) is 2.73. The standard InChI is InChI=1S/C22H15BrN4O/c1-14-13-25-22(26-17-9-6-15(12-24)7-10-17)27-21(14)28-19-11-8-16-4-2-3-5-18(16)20(19)23/h2-11,13H,1H3,(H,25,26,27). The number of hydrogen-bond acceptors (Lipinski definition) is 5. The quantitative estimate of drug-likeness (QED) is 0.422. The number of rotatable bonds is 4. The zero-order valence-electron chi connectivity index (χ0n) is 15.0. The molecule has 0 fully saturated rings. The highest BCUT2D eigenvalue weighted by Crippen LogP contribution is 2.36. The fraction of sp³-hybridized carbons (Fsp3) is 0.0455. The van der Waals surface area contributed by atoms with Gasteiger partial charge in [-0.3, -0.25) is 0 Å². The van der Waals surface area contributed by atoms with Crippen LogP contribution >= 0.6 is 15.9 Å². The van der Waals surface area contributed by atoms with Gasteiger partial charge in [0, 0.05) is 17.4 Å². The number of aromatic nitrogens is 2. The lowest BCUT2D eigenvalue weighted by Gasteiger charge is -2.12. The Labute approximate surface area is 170 Å². The minimum atomic E-state index is 0.419. The van der Waals surface area contributed by atoms with Crippen molar-refractivity contribution in [2.75, 3.05) is 5.32 Å². The van der Waals surface area contributed by atoms with Gasteiger partial charge in [0.25, 0.3) is 0 Å². The third-order valence-corrected chi connectivity index (χ3v) is 5.05. The highest BCUT2D eigenvalue weighted by molar-refractivity contribution is 9.10. The van der Waals surface area contributed by atoms with Crippen LogP contribution in [0.4, 0.5) is 11.6 Å². The Kier molecular flexibility index (Phi) is 4.92. The van der Waals surface area contributed by atoms with Crippen molar-refractivity contribution < 1.29 is 4.74 Å². The van der Waals surface area contributed by atoms with Crippen molar-refractivity contribution in [1.82, 2.24) is 9.97 Å². The van der Waals surface area contributed by atoms with Crippen LogP contribution in [0.2, 0.25) is 0 Å². The van der Waals surface area contributed by atoms with Crippen molar-refractivity contribution in [3.05, 3.63) is 82.5 Å². The second-order valence-electron chi connectivity index (χ2n) is 6.20. The number of fused-ring (bicyclic) bond motifs is 1. The SMILES string of the molecule is Cc1cnc(Nc2ccc(C#N)cc2)nc1Oc1ccc2ccccc2c1Br. The summed E-state index contributed by atoms with van der Waals surface area (Å²) in [5.41, 5.74) is 2.21. The van der Waals surface area contributed by atoms with Gasteiger partial charge in [-0.15, -0.1) is 0 Å². The minimum Gasteiger partial charge on any atom is -0.437 e. The molecule has 1 aromatic heterocycles. The second kappa shape index (κ2) is 7.67. The molecular weight excluding hydrogens is 416 g/mol. The molecule has 0 atom stereocenters. The van der Waals surface area contributed by atoms with E-state index in [-0.39, 0.29) is 0 Å². The van der Waals surface area contributed by atoms with E-state index in [2.05, 4.69) is 43.4 Å². The molecule has 0 aliphatic rings. The first-order valence-corrected chi connectivity index (χ1v) is 9.39. The van der Waals surface area contributed by atoms with E-state index in [4.69, 9.17) is 10.00 Å². The molecule has 6 heteroatoms. The van der Waals surface area contributed by atoms with Gasteiger partial charge in [0.2, 0.25) is 11.8 Å². The van der Waals surface area contributed by atoms with Crippen LogP contribution in [0.25, 0.3) is 10.8 Å².